The van der Waals surface area contributed by atoms with Crippen LogP contribution in [-0.4, -0.2) is 7.11 Å². The van der Waals surface area contributed by atoms with Gasteiger partial charge in [-0.3, -0.25) is 5.84 Å². The molecule has 0 bridgehead atoms. The molecule has 2 aromatic carbocycles. The first kappa shape index (κ1) is 16.0. The Labute approximate surface area is 134 Å². The van der Waals surface area contributed by atoms with Gasteiger partial charge in [0.05, 0.1) is 13.2 Å². The third kappa shape index (κ3) is 3.28. The Balaban J connectivity index is 2.53. The minimum atomic E-state index is -0.0392. The molecule has 4 heteroatoms. The highest BCUT2D eigenvalue weighted by Crippen LogP contribution is 2.32. The fourth-order valence-electron chi connectivity index (χ4n) is 2.65. The zero-order valence-corrected chi connectivity index (χ0v) is 14.4. The second-order valence-corrected chi connectivity index (χ2v) is 6.19. The SMILES string of the molecule is COc1cc(C)c(C(NN)c2ccc(Br)cc2C)cc1C. The quantitative estimate of drug-likeness (QED) is 0.649. The number of benzene rings is 2. The van der Waals surface area contributed by atoms with Gasteiger partial charge in [-0.15, -0.1) is 0 Å². The smallest absolute Gasteiger partial charge is 0.122 e. The highest BCUT2D eigenvalue weighted by atomic mass is 79.9. The normalized spacial score (nSPS) is 12.3. The van der Waals surface area contributed by atoms with Crippen molar-refractivity contribution in [2.24, 2.45) is 5.84 Å². The molecule has 0 aliphatic carbocycles. The summed E-state index contributed by atoms with van der Waals surface area (Å²) >= 11 is 3.50. The van der Waals surface area contributed by atoms with Crippen LogP contribution in [0, 0.1) is 20.8 Å². The molecule has 0 amide bonds. The van der Waals surface area contributed by atoms with Crippen LogP contribution in [-0.2, 0) is 0 Å². The summed E-state index contributed by atoms with van der Waals surface area (Å²) in [6.45, 7) is 6.22. The van der Waals surface area contributed by atoms with Gasteiger partial charge in [-0.2, -0.15) is 0 Å². The third-order valence-electron chi connectivity index (χ3n) is 3.80. The number of hydrazine groups is 1. The Bertz CT molecular complexity index is 655. The molecule has 1 atom stereocenters. The van der Waals surface area contributed by atoms with Crippen molar-refractivity contribution in [3.05, 3.63) is 62.6 Å². The predicted molar refractivity (Wildman–Crippen MR) is 90.5 cm³/mol. The molecule has 0 heterocycles. The van der Waals surface area contributed by atoms with Gasteiger partial charge in [0, 0.05) is 4.47 Å². The number of ether oxygens (including phenoxy) is 1. The molecule has 2 aromatic rings. The molecule has 3 nitrogen and oxygen atoms in total. The van der Waals surface area contributed by atoms with Crippen LogP contribution in [0.2, 0.25) is 0 Å². The molecule has 0 saturated carbocycles. The number of hydrogen-bond donors (Lipinski definition) is 2. The maximum atomic E-state index is 5.84. The van der Waals surface area contributed by atoms with Gasteiger partial charge in [0.1, 0.15) is 5.75 Å². The number of nitrogens with one attached hydrogen (secondary N) is 1. The zero-order chi connectivity index (χ0) is 15.6. The second-order valence-electron chi connectivity index (χ2n) is 5.28. The lowest BCUT2D eigenvalue weighted by Crippen LogP contribution is -2.30. The first-order valence-corrected chi connectivity index (χ1v) is 7.64. The molecule has 0 aromatic heterocycles. The molecule has 0 spiro atoms. The van der Waals surface area contributed by atoms with Crippen molar-refractivity contribution in [1.82, 2.24) is 5.43 Å². The van der Waals surface area contributed by atoms with E-state index in [1.807, 2.05) is 13.0 Å². The van der Waals surface area contributed by atoms with E-state index in [4.69, 9.17) is 10.6 Å². The summed E-state index contributed by atoms with van der Waals surface area (Å²) in [6.07, 6.45) is 0. The number of halogens is 1. The van der Waals surface area contributed by atoms with Gasteiger partial charge in [-0.05, 0) is 66.8 Å². The zero-order valence-electron chi connectivity index (χ0n) is 12.8. The van der Waals surface area contributed by atoms with Crippen molar-refractivity contribution < 1.29 is 4.74 Å². The van der Waals surface area contributed by atoms with E-state index in [-0.39, 0.29) is 6.04 Å². The van der Waals surface area contributed by atoms with Gasteiger partial charge in [0.25, 0.3) is 0 Å². The molecule has 1 unspecified atom stereocenters. The monoisotopic (exact) mass is 348 g/mol. The standard InChI is InChI=1S/C17H21BrN2O/c1-10-7-13(18)5-6-14(10)17(20-19)15-8-12(3)16(21-4)9-11(15)2/h5-9,17,20H,19H2,1-4H3. The number of hydrogen-bond acceptors (Lipinski definition) is 3. The summed E-state index contributed by atoms with van der Waals surface area (Å²) in [4.78, 5) is 0. The number of aryl methyl sites for hydroxylation is 3. The maximum Gasteiger partial charge on any atom is 0.122 e. The Morgan fingerprint density at radius 3 is 2.24 bits per heavy atom. The van der Waals surface area contributed by atoms with Crippen LogP contribution in [0.1, 0.15) is 33.9 Å². The van der Waals surface area contributed by atoms with Crippen molar-refractivity contribution in [1.29, 1.82) is 0 Å². The van der Waals surface area contributed by atoms with Crippen molar-refractivity contribution >= 4 is 15.9 Å². The lowest BCUT2D eigenvalue weighted by molar-refractivity contribution is 0.411. The molecule has 21 heavy (non-hydrogen) atoms. The van der Waals surface area contributed by atoms with E-state index in [1.54, 1.807) is 7.11 Å². The van der Waals surface area contributed by atoms with Crippen molar-refractivity contribution in [2.75, 3.05) is 7.11 Å². The minimum absolute atomic E-state index is 0.0392. The predicted octanol–water partition coefficient (Wildman–Crippen LogP) is 3.94. The minimum Gasteiger partial charge on any atom is -0.496 e. The second kappa shape index (κ2) is 6.60. The first-order chi connectivity index (χ1) is 9.97. The summed E-state index contributed by atoms with van der Waals surface area (Å²) in [5.41, 5.74) is 8.74. The van der Waals surface area contributed by atoms with Crippen LogP contribution < -0.4 is 16.0 Å². The van der Waals surface area contributed by atoms with Gasteiger partial charge in [-0.25, -0.2) is 5.43 Å². The molecule has 0 aliphatic heterocycles. The average molecular weight is 349 g/mol. The number of rotatable bonds is 4. The summed E-state index contributed by atoms with van der Waals surface area (Å²) in [6, 6.07) is 10.4. The van der Waals surface area contributed by atoms with Crippen LogP contribution in [0.4, 0.5) is 0 Å². The van der Waals surface area contributed by atoms with Gasteiger partial charge in [0.2, 0.25) is 0 Å². The van der Waals surface area contributed by atoms with E-state index >= 15 is 0 Å². The molecule has 2 rings (SSSR count). The highest BCUT2D eigenvalue weighted by molar-refractivity contribution is 9.10. The highest BCUT2D eigenvalue weighted by Gasteiger charge is 2.18. The van der Waals surface area contributed by atoms with Crippen LogP contribution >= 0.6 is 15.9 Å². The molecular formula is C17H21BrN2O. The largest absolute Gasteiger partial charge is 0.496 e. The van der Waals surface area contributed by atoms with E-state index < -0.39 is 0 Å². The summed E-state index contributed by atoms with van der Waals surface area (Å²) in [5.74, 6) is 6.74. The lowest BCUT2D eigenvalue weighted by atomic mass is 9.91. The third-order valence-corrected chi connectivity index (χ3v) is 4.30. The van der Waals surface area contributed by atoms with E-state index in [1.165, 1.54) is 16.7 Å². The Morgan fingerprint density at radius 2 is 1.67 bits per heavy atom. The van der Waals surface area contributed by atoms with Gasteiger partial charge in [-0.1, -0.05) is 28.1 Å². The van der Waals surface area contributed by atoms with Crippen LogP contribution in [0.25, 0.3) is 0 Å². The van der Waals surface area contributed by atoms with E-state index in [9.17, 15) is 0 Å². The van der Waals surface area contributed by atoms with Crippen LogP contribution in [0.5, 0.6) is 5.75 Å². The fraction of sp³-hybridized carbons (Fsp3) is 0.294. The Hall–Kier alpha value is -1.36. The van der Waals surface area contributed by atoms with Crippen molar-refractivity contribution in [3.8, 4) is 5.75 Å². The Kier molecular flexibility index (Phi) is 5.04. The molecule has 112 valence electrons. The van der Waals surface area contributed by atoms with Crippen molar-refractivity contribution in [2.45, 2.75) is 26.8 Å². The summed E-state index contributed by atoms with van der Waals surface area (Å²) < 4.78 is 6.45. The van der Waals surface area contributed by atoms with E-state index in [0.717, 1.165) is 21.3 Å². The van der Waals surface area contributed by atoms with Crippen LogP contribution in [0.3, 0.4) is 0 Å². The first-order valence-electron chi connectivity index (χ1n) is 6.85. The molecule has 0 saturated heterocycles. The molecule has 0 aliphatic rings. The van der Waals surface area contributed by atoms with Crippen LogP contribution in [0.15, 0.2) is 34.8 Å². The number of nitrogens with two attached hydrogens (primary N) is 1. The van der Waals surface area contributed by atoms with Gasteiger partial charge < -0.3 is 4.74 Å². The molecule has 0 fully saturated rings. The van der Waals surface area contributed by atoms with E-state index in [0.29, 0.717) is 0 Å². The average Bonchev–Trinajstić information content (AvgIpc) is 2.45. The topological polar surface area (TPSA) is 47.3 Å². The van der Waals surface area contributed by atoms with Gasteiger partial charge >= 0.3 is 0 Å². The summed E-state index contributed by atoms with van der Waals surface area (Å²) in [5, 5.41) is 0. The maximum absolute atomic E-state index is 5.84. The van der Waals surface area contributed by atoms with E-state index in [2.05, 4.69) is 59.5 Å². The molecule has 0 radical (unpaired) electrons. The Morgan fingerprint density at radius 1 is 1.00 bits per heavy atom. The molecular weight excluding hydrogens is 328 g/mol. The number of methoxy groups -OCH3 is 1. The fourth-order valence-corrected chi connectivity index (χ4v) is 3.13. The lowest BCUT2D eigenvalue weighted by Gasteiger charge is -2.22. The van der Waals surface area contributed by atoms with Gasteiger partial charge in [0.15, 0.2) is 0 Å². The molecule has 3 N–H and O–H groups in total. The summed E-state index contributed by atoms with van der Waals surface area (Å²) in [7, 11) is 1.69. The van der Waals surface area contributed by atoms with Crippen molar-refractivity contribution in [3.63, 3.8) is 0 Å².